The van der Waals surface area contributed by atoms with Crippen LogP contribution < -0.4 is 4.90 Å². The normalized spacial score (nSPS) is 22.4. The number of amides is 2. The molecule has 2 aliphatic rings. The standard InChI is InChI=1S/C18H24BrN3O4/c19-14-1-3-15(4-2-14)22-17(24)13-16(18(22)25)21-7-5-20(6-8-21)9-11-26-12-10-23/h1-4,16,23H,5-13H2. The SMILES string of the molecule is O=C1CC(N2CCN(CCOCCO)CC2)C(=O)N1c1ccc(Br)cc1. The van der Waals surface area contributed by atoms with E-state index >= 15 is 0 Å². The summed E-state index contributed by atoms with van der Waals surface area (Å²) in [5, 5.41) is 8.71. The molecule has 0 saturated carbocycles. The van der Waals surface area contributed by atoms with Crippen molar-refractivity contribution in [3.05, 3.63) is 28.7 Å². The highest BCUT2D eigenvalue weighted by Gasteiger charge is 2.43. The van der Waals surface area contributed by atoms with Crippen LogP contribution >= 0.6 is 15.9 Å². The summed E-state index contributed by atoms with van der Waals surface area (Å²) >= 11 is 3.37. The zero-order valence-electron chi connectivity index (χ0n) is 14.6. The van der Waals surface area contributed by atoms with Crippen LogP contribution in [0.25, 0.3) is 0 Å². The molecule has 0 spiro atoms. The second-order valence-electron chi connectivity index (χ2n) is 6.48. The second kappa shape index (κ2) is 9.05. The van der Waals surface area contributed by atoms with E-state index in [1.807, 2.05) is 12.1 Å². The summed E-state index contributed by atoms with van der Waals surface area (Å²) in [6.45, 7) is 5.04. The second-order valence-corrected chi connectivity index (χ2v) is 7.39. The Morgan fingerprint density at radius 3 is 2.42 bits per heavy atom. The molecule has 1 unspecified atom stereocenters. The summed E-state index contributed by atoms with van der Waals surface area (Å²) in [4.78, 5) is 30.9. The Morgan fingerprint density at radius 2 is 1.77 bits per heavy atom. The molecule has 2 fully saturated rings. The number of nitrogens with zero attached hydrogens (tertiary/aromatic N) is 3. The Morgan fingerprint density at radius 1 is 1.08 bits per heavy atom. The first kappa shape index (κ1) is 19.4. The lowest BCUT2D eigenvalue weighted by Gasteiger charge is -2.36. The van der Waals surface area contributed by atoms with E-state index < -0.39 is 0 Å². The highest BCUT2D eigenvalue weighted by Crippen LogP contribution is 2.27. The number of imide groups is 1. The van der Waals surface area contributed by atoms with Gasteiger partial charge in [-0.25, -0.2) is 4.90 Å². The molecule has 0 radical (unpaired) electrons. The third-order valence-electron chi connectivity index (χ3n) is 4.84. The zero-order valence-corrected chi connectivity index (χ0v) is 16.2. The van der Waals surface area contributed by atoms with Crippen LogP contribution in [0.15, 0.2) is 28.7 Å². The van der Waals surface area contributed by atoms with Crippen molar-refractivity contribution in [1.29, 1.82) is 0 Å². The number of piperazine rings is 1. The third-order valence-corrected chi connectivity index (χ3v) is 5.37. The summed E-state index contributed by atoms with van der Waals surface area (Å²) in [5.41, 5.74) is 0.630. The molecule has 8 heteroatoms. The van der Waals surface area contributed by atoms with E-state index in [0.29, 0.717) is 18.9 Å². The maximum atomic E-state index is 12.8. The summed E-state index contributed by atoms with van der Waals surface area (Å²) in [6, 6.07) is 6.87. The molecular formula is C18H24BrN3O4. The molecule has 26 heavy (non-hydrogen) atoms. The van der Waals surface area contributed by atoms with Crippen LogP contribution in [0.2, 0.25) is 0 Å². The Bertz CT molecular complexity index is 632. The molecule has 0 aromatic heterocycles. The van der Waals surface area contributed by atoms with E-state index in [2.05, 4.69) is 25.7 Å². The van der Waals surface area contributed by atoms with E-state index in [9.17, 15) is 9.59 Å². The molecule has 0 aliphatic carbocycles. The van der Waals surface area contributed by atoms with E-state index in [4.69, 9.17) is 9.84 Å². The minimum Gasteiger partial charge on any atom is -0.394 e. The van der Waals surface area contributed by atoms with Crippen LogP contribution in [-0.4, -0.2) is 85.3 Å². The number of rotatable bonds is 7. The molecule has 2 saturated heterocycles. The first-order chi connectivity index (χ1) is 12.6. The van der Waals surface area contributed by atoms with Crippen molar-refractivity contribution in [1.82, 2.24) is 9.80 Å². The molecule has 1 aromatic carbocycles. The van der Waals surface area contributed by atoms with Gasteiger partial charge in [0.05, 0.1) is 38.0 Å². The predicted molar refractivity (Wildman–Crippen MR) is 101 cm³/mol. The number of anilines is 1. The fourth-order valence-electron chi connectivity index (χ4n) is 3.42. The summed E-state index contributed by atoms with van der Waals surface area (Å²) < 4.78 is 6.21. The minimum atomic E-state index is -0.362. The number of ether oxygens (including phenoxy) is 1. The molecule has 1 atom stereocenters. The van der Waals surface area contributed by atoms with Crippen molar-refractivity contribution in [3.63, 3.8) is 0 Å². The summed E-state index contributed by atoms with van der Waals surface area (Å²) in [7, 11) is 0. The van der Waals surface area contributed by atoms with Crippen LogP contribution in [0, 0.1) is 0 Å². The Kier molecular flexibility index (Phi) is 6.77. The van der Waals surface area contributed by atoms with Gasteiger partial charge in [-0.15, -0.1) is 0 Å². The lowest BCUT2D eigenvalue weighted by Crippen LogP contribution is -2.53. The van der Waals surface area contributed by atoms with Gasteiger partial charge in [0.1, 0.15) is 0 Å². The van der Waals surface area contributed by atoms with Crippen molar-refractivity contribution in [3.8, 4) is 0 Å². The van der Waals surface area contributed by atoms with Crippen LogP contribution in [0.1, 0.15) is 6.42 Å². The number of benzene rings is 1. The van der Waals surface area contributed by atoms with Gasteiger partial charge in [-0.3, -0.25) is 19.4 Å². The third kappa shape index (κ3) is 4.50. The molecule has 3 rings (SSSR count). The molecule has 142 valence electrons. The molecule has 0 bridgehead atoms. The smallest absolute Gasteiger partial charge is 0.251 e. The number of hydrogen-bond acceptors (Lipinski definition) is 6. The maximum absolute atomic E-state index is 12.8. The molecule has 2 amide bonds. The van der Waals surface area contributed by atoms with Crippen molar-refractivity contribution in [2.75, 3.05) is 57.4 Å². The number of aliphatic hydroxyl groups excluding tert-OH is 1. The number of halogens is 1. The van der Waals surface area contributed by atoms with Gasteiger partial charge in [-0.2, -0.15) is 0 Å². The number of carbonyl (C=O) groups excluding carboxylic acids is 2. The Hall–Kier alpha value is -1.32. The maximum Gasteiger partial charge on any atom is 0.251 e. The molecule has 2 aliphatic heterocycles. The van der Waals surface area contributed by atoms with E-state index in [1.54, 1.807) is 12.1 Å². The number of carbonyl (C=O) groups is 2. The van der Waals surface area contributed by atoms with E-state index in [1.165, 1.54) is 4.90 Å². The van der Waals surface area contributed by atoms with Gasteiger partial charge >= 0.3 is 0 Å². The van der Waals surface area contributed by atoms with Crippen molar-refractivity contribution in [2.45, 2.75) is 12.5 Å². The van der Waals surface area contributed by atoms with Crippen LogP contribution in [0.4, 0.5) is 5.69 Å². The van der Waals surface area contributed by atoms with Crippen molar-refractivity contribution in [2.24, 2.45) is 0 Å². The lowest BCUT2D eigenvalue weighted by molar-refractivity contribution is -0.123. The average molecular weight is 426 g/mol. The zero-order chi connectivity index (χ0) is 18.5. The molecular weight excluding hydrogens is 402 g/mol. The van der Waals surface area contributed by atoms with Gasteiger partial charge in [0.15, 0.2) is 0 Å². The average Bonchev–Trinajstić information content (AvgIpc) is 2.95. The van der Waals surface area contributed by atoms with E-state index in [-0.39, 0.29) is 30.9 Å². The number of aliphatic hydroxyl groups is 1. The summed E-state index contributed by atoms with van der Waals surface area (Å²) in [6.07, 6.45) is 0.245. The highest BCUT2D eigenvalue weighted by molar-refractivity contribution is 9.10. The van der Waals surface area contributed by atoms with E-state index in [0.717, 1.165) is 37.2 Å². The molecule has 7 nitrogen and oxygen atoms in total. The highest BCUT2D eigenvalue weighted by atomic mass is 79.9. The van der Waals surface area contributed by atoms with Gasteiger partial charge < -0.3 is 9.84 Å². The van der Waals surface area contributed by atoms with Gasteiger partial charge in [0.25, 0.3) is 5.91 Å². The number of hydrogen-bond donors (Lipinski definition) is 1. The fourth-order valence-corrected chi connectivity index (χ4v) is 3.69. The molecule has 1 N–H and O–H groups in total. The quantitative estimate of drug-likeness (QED) is 0.512. The van der Waals surface area contributed by atoms with Crippen LogP contribution in [0.3, 0.4) is 0 Å². The fraction of sp³-hybridized carbons (Fsp3) is 0.556. The minimum absolute atomic E-state index is 0.0421. The van der Waals surface area contributed by atoms with Gasteiger partial charge in [0, 0.05) is 37.2 Å². The van der Waals surface area contributed by atoms with Crippen LogP contribution in [0.5, 0.6) is 0 Å². The predicted octanol–water partition coefficient (Wildman–Crippen LogP) is 0.708. The monoisotopic (exact) mass is 425 g/mol. The van der Waals surface area contributed by atoms with Crippen LogP contribution in [-0.2, 0) is 14.3 Å². The molecule has 2 heterocycles. The van der Waals surface area contributed by atoms with Crippen molar-refractivity contribution < 1.29 is 19.4 Å². The van der Waals surface area contributed by atoms with Gasteiger partial charge in [0.2, 0.25) is 5.91 Å². The lowest BCUT2D eigenvalue weighted by atomic mass is 10.1. The summed E-state index contributed by atoms with van der Waals surface area (Å²) in [5.74, 6) is -0.265. The Balaban J connectivity index is 1.54. The Labute approximate surface area is 161 Å². The van der Waals surface area contributed by atoms with Gasteiger partial charge in [-0.05, 0) is 24.3 Å². The largest absolute Gasteiger partial charge is 0.394 e. The first-order valence-electron chi connectivity index (χ1n) is 8.87. The first-order valence-corrected chi connectivity index (χ1v) is 9.67. The van der Waals surface area contributed by atoms with Crippen molar-refractivity contribution >= 4 is 33.4 Å². The topological polar surface area (TPSA) is 73.3 Å². The molecule has 1 aromatic rings. The van der Waals surface area contributed by atoms with Gasteiger partial charge in [-0.1, -0.05) is 15.9 Å².